The van der Waals surface area contributed by atoms with Gasteiger partial charge in [-0.3, -0.25) is 9.59 Å². The predicted octanol–water partition coefficient (Wildman–Crippen LogP) is 5.38. The number of hydrogen-bond donors (Lipinski definition) is 2. The van der Waals surface area contributed by atoms with Gasteiger partial charge in [-0.15, -0.1) is 21.5 Å². The number of aromatic nitrogens is 3. The minimum Gasteiger partial charge on any atom is -0.462 e. The quantitative estimate of drug-likeness (QED) is 0.216. The number of ether oxygens (including phenoxy) is 1. The molecule has 1 atom stereocenters. The van der Waals surface area contributed by atoms with Crippen molar-refractivity contribution in [3.63, 3.8) is 0 Å². The van der Waals surface area contributed by atoms with E-state index in [0.29, 0.717) is 28.1 Å². The van der Waals surface area contributed by atoms with E-state index < -0.39 is 22.9 Å². The third-order valence-corrected chi connectivity index (χ3v) is 8.88. The number of benzene rings is 1. The predicted molar refractivity (Wildman–Crippen MR) is 153 cm³/mol. The Hall–Kier alpha value is -3.25. The van der Waals surface area contributed by atoms with Gasteiger partial charge in [0.15, 0.2) is 11.0 Å². The number of carbonyl (C=O) groups excluding carboxylic acids is 3. The van der Waals surface area contributed by atoms with E-state index in [2.05, 4.69) is 27.8 Å². The van der Waals surface area contributed by atoms with E-state index >= 15 is 0 Å². The molecule has 4 rings (SSSR count). The average Bonchev–Trinajstić information content (AvgIpc) is 3.50. The Bertz CT molecular complexity index is 1370. The van der Waals surface area contributed by atoms with Crippen LogP contribution in [0.5, 0.6) is 0 Å². The molecule has 0 radical (unpaired) electrons. The van der Waals surface area contributed by atoms with Gasteiger partial charge in [0.25, 0.3) is 5.91 Å². The number of rotatable bonds is 12. The summed E-state index contributed by atoms with van der Waals surface area (Å²) in [4.78, 5) is 39.7. The van der Waals surface area contributed by atoms with Crippen LogP contribution in [-0.2, 0) is 35.5 Å². The number of esters is 1. The number of anilines is 1. The smallest absolute Gasteiger partial charge is 0.341 e. The van der Waals surface area contributed by atoms with Gasteiger partial charge < -0.3 is 19.9 Å². The van der Waals surface area contributed by atoms with Crippen molar-refractivity contribution in [2.75, 3.05) is 11.9 Å². The van der Waals surface area contributed by atoms with E-state index in [9.17, 15) is 18.8 Å². The maximum Gasteiger partial charge on any atom is 0.341 e. The van der Waals surface area contributed by atoms with Crippen molar-refractivity contribution in [1.82, 2.24) is 20.1 Å². The third kappa shape index (κ3) is 6.90. The first kappa shape index (κ1) is 29.7. The van der Waals surface area contributed by atoms with Gasteiger partial charge in [-0.05, 0) is 63.6 Å². The number of nitrogens with one attached hydrogen (secondary N) is 2. The van der Waals surface area contributed by atoms with Gasteiger partial charge in [-0.2, -0.15) is 0 Å². The van der Waals surface area contributed by atoms with Crippen LogP contribution in [0, 0.1) is 5.82 Å². The zero-order chi connectivity index (χ0) is 28.6. The van der Waals surface area contributed by atoms with Gasteiger partial charge in [0.1, 0.15) is 10.8 Å². The number of aryl methyl sites for hydroxylation is 1. The van der Waals surface area contributed by atoms with Gasteiger partial charge in [-0.25, -0.2) is 9.18 Å². The fourth-order valence-electron chi connectivity index (χ4n) is 4.48. The van der Waals surface area contributed by atoms with Gasteiger partial charge in [-0.1, -0.05) is 37.2 Å². The molecule has 2 amide bonds. The van der Waals surface area contributed by atoms with Gasteiger partial charge in [0.05, 0.1) is 29.5 Å². The summed E-state index contributed by atoms with van der Waals surface area (Å²) in [5.41, 5.74) is 1.43. The summed E-state index contributed by atoms with van der Waals surface area (Å²) in [5, 5.41) is 14.8. The number of thioether (sulfide) groups is 1. The lowest BCUT2D eigenvalue weighted by molar-refractivity contribution is -0.115. The molecule has 0 fully saturated rings. The lowest BCUT2D eigenvalue weighted by atomic mass is 9.95. The monoisotopic (exact) mass is 587 g/mol. The fraction of sp³-hybridized carbons (Fsp3) is 0.464. The number of halogens is 1. The molecule has 0 saturated heterocycles. The van der Waals surface area contributed by atoms with E-state index in [0.717, 1.165) is 49.0 Å². The van der Waals surface area contributed by atoms with Gasteiger partial charge in [0, 0.05) is 11.4 Å². The van der Waals surface area contributed by atoms with Crippen molar-refractivity contribution in [3.05, 3.63) is 57.5 Å². The SMILES string of the molecule is CCCCn1c(CNC(=O)c2ccccc2F)nnc1SC(C)C(=O)Nc1sc2c(c1C(=O)OCC)CCCC2. The maximum atomic E-state index is 14.0. The Kier molecular flexibility index (Phi) is 10.3. The van der Waals surface area contributed by atoms with E-state index in [-0.39, 0.29) is 24.6 Å². The average molecular weight is 588 g/mol. The standard InChI is InChI=1S/C28H34FN5O4S2/c1-4-6-15-34-22(16-30-25(36)18-11-7-9-13-20(18)29)32-33-28(34)39-17(3)24(35)31-26-23(27(37)38-5-2)19-12-8-10-14-21(19)40-26/h7,9,11,13,17H,4-6,8,10,12,14-16H2,1-3H3,(H,30,36)(H,31,35). The van der Waals surface area contributed by atoms with Crippen LogP contribution in [0.15, 0.2) is 29.4 Å². The van der Waals surface area contributed by atoms with Crippen molar-refractivity contribution in [1.29, 1.82) is 0 Å². The maximum absolute atomic E-state index is 14.0. The summed E-state index contributed by atoms with van der Waals surface area (Å²) < 4.78 is 21.2. The molecule has 2 heterocycles. The number of unbranched alkanes of at least 4 members (excludes halogenated alkanes) is 1. The molecule has 0 saturated carbocycles. The molecule has 0 bridgehead atoms. The minimum absolute atomic E-state index is 0.0422. The van der Waals surface area contributed by atoms with E-state index in [1.807, 2.05) is 4.57 Å². The lowest BCUT2D eigenvalue weighted by Crippen LogP contribution is -2.26. The number of hydrogen-bond acceptors (Lipinski definition) is 8. The normalized spacial score (nSPS) is 13.4. The highest BCUT2D eigenvalue weighted by atomic mass is 32.2. The van der Waals surface area contributed by atoms with Crippen molar-refractivity contribution in [2.45, 2.75) is 82.8 Å². The first-order valence-corrected chi connectivity index (χ1v) is 15.3. The molecular formula is C28H34FN5O4S2. The van der Waals surface area contributed by atoms with Crippen LogP contribution in [0.3, 0.4) is 0 Å². The second kappa shape index (κ2) is 13.9. The fourth-order valence-corrected chi connectivity index (χ4v) is 6.65. The Morgan fingerprint density at radius 1 is 1.18 bits per heavy atom. The molecule has 1 unspecified atom stereocenters. The highest BCUT2D eigenvalue weighted by Gasteiger charge is 2.29. The van der Waals surface area contributed by atoms with Crippen LogP contribution in [-0.4, -0.2) is 44.4 Å². The van der Waals surface area contributed by atoms with E-state index in [1.54, 1.807) is 19.9 Å². The first-order chi connectivity index (χ1) is 19.3. The molecule has 1 aliphatic carbocycles. The molecule has 2 N–H and O–H groups in total. The van der Waals surface area contributed by atoms with Gasteiger partial charge >= 0.3 is 5.97 Å². The summed E-state index contributed by atoms with van der Waals surface area (Å²) in [7, 11) is 0. The Labute approximate surface area is 241 Å². The molecule has 3 aromatic rings. The molecule has 1 aromatic carbocycles. The van der Waals surface area contributed by atoms with Crippen LogP contribution in [0.4, 0.5) is 9.39 Å². The van der Waals surface area contributed by atoms with Crippen LogP contribution in [0.25, 0.3) is 0 Å². The van der Waals surface area contributed by atoms with Gasteiger partial charge in [0.2, 0.25) is 5.91 Å². The second-order valence-corrected chi connectivity index (χ2v) is 11.9. The molecule has 0 aliphatic heterocycles. The van der Waals surface area contributed by atoms with Crippen LogP contribution >= 0.6 is 23.1 Å². The van der Waals surface area contributed by atoms with Crippen molar-refractivity contribution in [3.8, 4) is 0 Å². The Morgan fingerprint density at radius 2 is 1.95 bits per heavy atom. The zero-order valence-corrected chi connectivity index (χ0v) is 24.6. The Balaban J connectivity index is 1.47. The highest BCUT2D eigenvalue weighted by Crippen LogP contribution is 2.39. The lowest BCUT2D eigenvalue weighted by Gasteiger charge is -2.14. The molecule has 2 aromatic heterocycles. The van der Waals surface area contributed by atoms with Crippen molar-refractivity contribution < 1.29 is 23.5 Å². The summed E-state index contributed by atoms with van der Waals surface area (Å²) in [6, 6.07) is 5.79. The summed E-state index contributed by atoms with van der Waals surface area (Å²) in [6.45, 7) is 6.54. The number of nitrogens with zero attached hydrogens (tertiary/aromatic N) is 3. The number of carbonyl (C=O) groups is 3. The van der Waals surface area contributed by atoms with Crippen LogP contribution < -0.4 is 10.6 Å². The minimum atomic E-state index is -0.596. The molecule has 12 heteroatoms. The second-order valence-electron chi connectivity index (χ2n) is 9.45. The largest absolute Gasteiger partial charge is 0.462 e. The zero-order valence-electron chi connectivity index (χ0n) is 22.9. The molecular weight excluding hydrogens is 553 g/mol. The molecule has 1 aliphatic rings. The topological polar surface area (TPSA) is 115 Å². The van der Waals surface area contributed by atoms with Crippen molar-refractivity contribution >= 4 is 45.9 Å². The first-order valence-electron chi connectivity index (χ1n) is 13.6. The van der Waals surface area contributed by atoms with Crippen LogP contribution in [0.1, 0.15) is 83.4 Å². The number of fused-ring (bicyclic) bond motifs is 1. The highest BCUT2D eigenvalue weighted by molar-refractivity contribution is 8.00. The molecule has 0 spiro atoms. The van der Waals surface area contributed by atoms with E-state index in [1.165, 1.54) is 41.3 Å². The molecule has 9 nitrogen and oxygen atoms in total. The summed E-state index contributed by atoms with van der Waals surface area (Å²) >= 11 is 2.71. The summed E-state index contributed by atoms with van der Waals surface area (Å²) in [5.74, 6) is -1.28. The molecule has 40 heavy (non-hydrogen) atoms. The Morgan fingerprint density at radius 3 is 2.70 bits per heavy atom. The van der Waals surface area contributed by atoms with E-state index in [4.69, 9.17) is 4.74 Å². The van der Waals surface area contributed by atoms with Crippen molar-refractivity contribution in [2.24, 2.45) is 0 Å². The molecule has 214 valence electrons. The number of thiophene rings is 1. The summed E-state index contributed by atoms with van der Waals surface area (Å²) in [6.07, 6.45) is 5.54. The third-order valence-electron chi connectivity index (χ3n) is 6.59. The van der Waals surface area contributed by atoms with Crippen LogP contribution in [0.2, 0.25) is 0 Å². The number of amides is 2.